The maximum absolute atomic E-state index is 13.0. The minimum absolute atomic E-state index is 0.0449. The van der Waals surface area contributed by atoms with E-state index >= 15 is 0 Å². The van der Waals surface area contributed by atoms with Crippen molar-refractivity contribution >= 4 is 17.3 Å². The number of benzene rings is 1. The molecule has 0 aliphatic rings. The summed E-state index contributed by atoms with van der Waals surface area (Å²) >= 11 is 1.45. The number of rotatable bonds is 5. The molecule has 164 valence electrons. The lowest BCUT2D eigenvalue weighted by Gasteiger charge is -2.13. The van der Waals surface area contributed by atoms with Crippen LogP contribution < -0.4 is 5.43 Å². The first kappa shape index (κ1) is 21.5. The number of aromatic nitrogens is 3. The second-order valence-electron chi connectivity index (χ2n) is 6.69. The molecule has 4 rings (SSSR count). The Bertz CT molecular complexity index is 1330. The van der Waals surface area contributed by atoms with Crippen molar-refractivity contribution in [3.63, 3.8) is 0 Å². The van der Waals surface area contributed by atoms with Crippen LogP contribution in [0.15, 0.2) is 63.2 Å². The number of thiophene rings is 1. The number of halogens is 3. The lowest BCUT2D eigenvalue weighted by molar-refractivity contribution is -0.137. The van der Waals surface area contributed by atoms with Crippen LogP contribution in [0.2, 0.25) is 0 Å². The number of ether oxygens (including phenoxy) is 1. The van der Waals surface area contributed by atoms with Gasteiger partial charge in [-0.25, -0.2) is 9.48 Å². The van der Waals surface area contributed by atoms with Gasteiger partial charge in [-0.1, -0.05) is 17.3 Å². The van der Waals surface area contributed by atoms with E-state index in [-0.39, 0.29) is 18.0 Å². The highest BCUT2D eigenvalue weighted by molar-refractivity contribution is 7.13. The number of esters is 1. The maximum atomic E-state index is 13.0. The Morgan fingerprint density at radius 1 is 1.19 bits per heavy atom. The molecule has 0 aliphatic carbocycles. The first-order valence-corrected chi connectivity index (χ1v) is 10.1. The second-order valence-corrected chi connectivity index (χ2v) is 7.64. The molecule has 0 bridgehead atoms. The van der Waals surface area contributed by atoms with E-state index < -0.39 is 28.8 Å². The Balaban J connectivity index is 1.56. The third-order valence-electron chi connectivity index (χ3n) is 4.39. The SMILES string of the molecule is Cc1cc(=O)c(C(=O)OCc2cc(-c3cccs3)on2)nn1-c1cccc(C(F)(F)F)c1. The predicted octanol–water partition coefficient (Wildman–Crippen LogP) is 4.63. The minimum atomic E-state index is -4.55. The van der Waals surface area contributed by atoms with E-state index in [1.54, 1.807) is 6.07 Å². The van der Waals surface area contributed by atoms with Crippen molar-refractivity contribution in [3.05, 3.63) is 86.8 Å². The third kappa shape index (κ3) is 4.47. The number of hydrogen-bond donors (Lipinski definition) is 0. The van der Waals surface area contributed by atoms with Crippen molar-refractivity contribution in [3.8, 4) is 16.3 Å². The summed E-state index contributed by atoms with van der Waals surface area (Å²) in [4.78, 5) is 25.6. The zero-order chi connectivity index (χ0) is 22.9. The van der Waals surface area contributed by atoms with E-state index in [1.807, 2.05) is 17.5 Å². The van der Waals surface area contributed by atoms with Crippen molar-refractivity contribution in [1.29, 1.82) is 0 Å². The molecule has 0 saturated carbocycles. The largest absolute Gasteiger partial charge is 0.454 e. The molecule has 7 nitrogen and oxygen atoms in total. The van der Waals surface area contributed by atoms with Gasteiger partial charge in [0.15, 0.2) is 5.76 Å². The van der Waals surface area contributed by atoms with Crippen molar-refractivity contribution in [2.45, 2.75) is 19.7 Å². The second kappa shape index (κ2) is 8.42. The average molecular weight is 461 g/mol. The summed E-state index contributed by atoms with van der Waals surface area (Å²) in [6.45, 7) is 1.22. The number of alkyl halides is 3. The summed E-state index contributed by atoms with van der Waals surface area (Å²) in [5, 5.41) is 9.63. The normalized spacial score (nSPS) is 11.5. The molecule has 32 heavy (non-hydrogen) atoms. The molecule has 0 fully saturated rings. The summed E-state index contributed by atoms with van der Waals surface area (Å²) in [7, 11) is 0. The van der Waals surface area contributed by atoms with Gasteiger partial charge >= 0.3 is 12.1 Å². The summed E-state index contributed by atoms with van der Waals surface area (Å²) in [5.74, 6) is -0.525. The lowest BCUT2D eigenvalue weighted by atomic mass is 10.2. The smallest absolute Gasteiger partial charge is 0.416 e. The average Bonchev–Trinajstić information content (AvgIpc) is 3.43. The Hall–Kier alpha value is -3.73. The van der Waals surface area contributed by atoms with Crippen LogP contribution in [0.4, 0.5) is 13.2 Å². The Labute approximate surface area is 182 Å². The molecule has 1 aromatic carbocycles. The van der Waals surface area contributed by atoms with Crippen LogP contribution in [0.1, 0.15) is 27.4 Å². The fraction of sp³-hybridized carbons (Fsp3) is 0.143. The zero-order valence-electron chi connectivity index (χ0n) is 16.4. The highest BCUT2D eigenvalue weighted by atomic mass is 32.1. The molecule has 0 spiro atoms. The van der Waals surface area contributed by atoms with Gasteiger partial charge in [-0.2, -0.15) is 18.3 Å². The molecule has 0 aliphatic heterocycles. The highest BCUT2D eigenvalue weighted by Gasteiger charge is 2.30. The van der Waals surface area contributed by atoms with E-state index in [1.165, 1.54) is 30.4 Å². The van der Waals surface area contributed by atoms with Gasteiger partial charge in [0.2, 0.25) is 11.1 Å². The van der Waals surface area contributed by atoms with Gasteiger partial charge in [0.05, 0.1) is 16.1 Å². The Morgan fingerprint density at radius 3 is 2.72 bits per heavy atom. The lowest BCUT2D eigenvalue weighted by Crippen LogP contribution is -2.24. The number of carbonyl (C=O) groups excluding carboxylic acids is 1. The van der Waals surface area contributed by atoms with Crippen LogP contribution in [0.25, 0.3) is 16.3 Å². The minimum Gasteiger partial charge on any atom is -0.454 e. The molecule has 11 heteroatoms. The fourth-order valence-electron chi connectivity index (χ4n) is 2.89. The van der Waals surface area contributed by atoms with E-state index in [2.05, 4.69) is 10.3 Å². The predicted molar refractivity (Wildman–Crippen MR) is 109 cm³/mol. The monoisotopic (exact) mass is 461 g/mol. The topological polar surface area (TPSA) is 87.2 Å². The fourth-order valence-corrected chi connectivity index (χ4v) is 3.56. The Kier molecular flexibility index (Phi) is 5.66. The molecule has 0 amide bonds. The van der Waals surface area contributed by atoms with Gasteiger partial charge in [-0.05, 0) is 36.6 Å². The number of hydrogen-bond acceptors (Lipinski definition) is 7. The highest BCUT2D eigenvalue weighted by Crippen LogP contribution is 2.30. The van der Waals surface area contributed by atoms with E-state index in [4.69, 9.17) is 9.26 Å². The van der Waals surface area contributed by atoms with Gasteiger partial charge in [0.1, 0.15) is 12.3 Å². The molecule has 0 N–H and O–H groups in total. The van der Waals surface area contributed by atoms with Gasteiger partial charge in [-0.3, -0.25) is 4.79 Å². The van der Waals surface area contributed by atoms with Gasteiger partial charge in [0.25, 0.3) is 0 Å². The summed E-state index contributed by atoms with van der Waals surface area (Å²) in [6, 6.07) is 10.8. The molecule has 0 unspecified atom stereocenters. The van der Waals surface area contributed by atoms with Crippen molar-refractivity contribution in [1.82, 2.24) is 14.9 Å². The molecular weight excluding hydrogens is 447 g/mol. The van der Waals surface area contributed by atoms with E-state index in [9.17, 15) is 22.8 Å². The van der Waals surface area contributed by atoms with E-state index in [0.717, 1.165) is 27.8 Å². The van der Waals surface area contributed by atoms with Crippen molar-refractivity contribution < 1.29 is 27.2 Å². The number of nitrogens with zero attached hydrogens (tertiary/aromatic N) is 3. The van der Waals surface area contributed by atoms with Crippen LogP contribution in [-0.4, -0.2) is 20.9 Å². The van der Waals surface area contributed by atoms with Crippen molar-refractivity contribution in [2.24, 2.45) is 0 Å². The summed E-state index contributed by atoms with van der Waals surface area (Å²) < 4.78 is 50.5. The molecular formula is C21H14F3N3O4S. The quantitative estimate of drug-likeness (QED) is 0.403. The summed E-state index contributed by atoms with van der Waals surface area (Å²) in [5.41, 5.74) is -1.53. The Morgan fingerprint density at radius 2 is 2.00 bits per heavy atom. The maximum Gasteiger partial charge on any atom is 0.416 e. The standard InChI is InChI=1S/C21H14F3N3O4S/c1-12-8-16(28)19(25-27(12)15-5-2-4-13(9-15)21(22,23)24)20(29)30-11-14-10-17(31-26-14)18-6-3-7-32-18/h2-10H,11H2,1H3. The zero-order valence-corrected chi connectivity index (χ0v) is 17.2. The first-order valence-electron chi connectivity index (χ1n) is 9.17. The molecule has 0 atom stereocenters. The van der Waals surface area contributed by atoms with Crippen LogP contribution in [0.5, 0.6) is 0 Å². The van der Waals surface area contributed by atoms with Crippen LogP contribution in [-0.2, 0) is 17.5 Å². The third-order valence-corrected chi connectivity index (χ3v) is 5.28. The first-order chi connectivity index (χ1) is 15.2. The molecule has 4 aromatic rings. The molecule has 3 heterocycles. The van der Waals surface area contributed by atoms with Crippen molar-refractivity contribution in [2.75, 3.05) is 0 Å². The summed E-state index contributed by atoms with van der Waals surface area (Å²) in [6.07, 6.45) is -4.55. The van der Waals surface area contributed by atoms with Gasteiger partial charge < -0.3 is 9.26 Å². The van der Waals surface area contributed by atoms with E-state index in [0.29, 0.717) is 11.5 Å². The number of aryl methyl sites for hydroxylation is 1. The number of carbonyl (C=O) groups is 1. The van der Waals surface area contributed by atoms with Crippen LogP contribution in [0, 0.1) is 6.92 Å². The molecule has 0 radical (unpaired) electrons. The molecule has 0 saturated heterocycles. The van der Waals surface area contributed by atoms with Gasteiger partial charge in [0, 0.05) is 17.8 Å². The van der Waals surface area contributed by atoms with Crippen LogP contribution in [0.3, 0.4) is 0 Å². The van der Waals surface area contributed by atoms with Crippen LogP contribution >= 0.6 is 11.3 Å². The molecule has 3 aromatic heterocycles. The van der Waals surface area contributed by atoms with Gasteiger partial charge in [-0.15, -0.1) is 11.3 Å².